The Kier molecular flexibility index (Phi) is 10.5. The number of methoxy groups -OCH3 is 3. The van der Waals surface area contributed by atoms with E-state index >= 15 is 0 Å². The summed E-state index contributed by atoms with van der Waals surface area (Å²) in [5, 5.41) is 14.3. The van der Waals surface area contributed by atoms with E-state index in [4.69, 9.17) is 18.9 Å². The molecule has 1 aliphatic rings. The number of halogens is 2. The summed E-state index contributed by atoms with van der Waals surface area (Å²) in [7, 11) is -0.811. The first-order valence-corrected chi connectivity index (χ1v) is 15.9. The average molecular weight is 757 g/mol. The van der Waals surface area contributed by atoms with E-state index < -0.39 is 49.7 Å². The van der Waals surface area contributed by atoms with Gasteiger partial charge in [0.15, 0.2) is 22.4 Å². The fourth-order valence-electron chi connectivity index (χ4n) is 4.97. The third-order valence-corrected chi connectivity index (χ3v) is 10.5. The van der Waals surface area contributed by atoms with Crippen LogP contribution in [0.4, 0.5) is 10.5 Å². The molecule has 0 saturated heterocycles. The largest absolute Gasteiger partial charge is 0.492 e. The number of benzene rings is 3. The van der Waals surface area contributed by atoms with Crippen molar-refractivity contribution in [2.24, 2.45) is 0 Å². The third kappa shape index (κ3) is 6.38. The van der Waals surface area contributed by atoms with E-state index in [0.717, 1.165) is 23.5 Å². The summed E-state index contributed by atoms with van der Waals surface area (Å²) in [6.07, 6.45) is -0.938. The van der Waals surface area contributed by atoms with Crippen molar-refractivity contribution < 1.29 is 41.9 Å². The quantitative estimate of drug-likeness (QED) is 0.171. The van der Waals surface area contributed by atoms with Gasteiger partial charge in [-0.15, -0.1) is 0 Å². The van der Waals surface area contributed by atoms with E-state index in [1.54, 1.807) is 30.3 Å². The Morgan fingerprint density at radius 2 is 1.64 bits per heavy atom. The summed E-state index contributed by atoms with van der Waals surface area (Å²) in [6.45, 7) is -0.374. The van der Waals surface area contributed by atoms with Crippen molar-refractivity contribution in [3.05, 3.63) is 90.3 Å². The monoisotopic (exact) mass is 755 g/mol. The zero-order valence-electron chi connectivity index (χ0n) is 23.6. The summed E-state index contributed by atoms with van der Waals surface area (Å²) in [6, 6.07) is 10.5. The maximum absolute atomic E-state index is 14.3. The maximum Gasteiger partial charge on any atom is 0.408 e. The predicted molar refractivity (Wildman–Crippen MR) is 164 cm³/mol. The lowest BCUT2D eigenvalue weighted by molar-refractivity contribution is -0.387. The van der Waals surface area contributed by atoms with Crippen molar-refractivity contribution >= 4 is 59.6 Å². The van der Waals surface area contributed by atoms with Gasteiger partial charge in [-0.25, -0.2) is 18.0 Å². The number of rotatable bonds is 10. The summed E-state index contributed by atoms with van der Waals surface area (Å²) in [4.78, 5) is 36.9. The number of carbonyl (C=O) groups excluding carboxylic acids is 2. The van der Waals surface area contributed by atoms with Crippen LogP contribution >= 0.6 is 31.9 Å². The van der Waals surface area contributed by atoms with Crippen molar-refractivity contribution in [1.82, 2.24) is 9.62 Å². The van der Waals surface area contributed by atoms with Crippen LogP contribution in [0.25, 0.3) is 0 Å². The Bertz CT molecular complexity index is 1690. The van der Waals surface area contributed by atoms with E-state index in [-0.39, 0.29) is 35.4 Å². The molecule has 0 aromatic heterocycles. The second-order valence-electron chi connectivity index (χ2n) is 9.33. The Morgan fingerprint density at radius 3 is 2.25 bits per heavy atom. The van der Waals surface area contributed by atoms with Gasteiger partial charge in [-0.1, -0.05) is 42.5 Å². The van der Waals surface area contributed by atoms with E-state index in [1.807, 2.05) is 0 Å². The summed E-state index contributed by atoms with van der Waals surface area (Å²) in [5.74, 6) is -0.528. The molecule has 1 amide bonds. The van der Waals surface area contributed by atoms with Gasteiger partial charge in [0.05, 0.1) is 41.2 Å². The third-order valence-electron chi connectivity index (χ3n) is 6.93. The summed E-state index contributed by atoms with van der Waals surface area (Å²) < 4.78 is 51.6. The lowest BCUT2D eigenvalue weighted by Crippen LogP contribution is -2.54. The number of fused-ring (bicyclic) bond motifs is 1. The van der Waals surface area contributed by atoms with Gasteiger partial charge in [-0.3, -0.25) is 10.1 Å². The molecule has 0 saturated carbocycles. The summed E-state index contributed by atoms with van der Waals surface area (Å²) >= 11 is 7.02. The van der Waals surface area contributed by atoms with Gasteiger partial charge in [-0.05, 0) is 61.0 Å². The normalized spacial score (nSPS) is 15.4. The van der Waals surface area contributed by atoms with Crippen LogP contribution in [-0.4, -0.2) is 63.6 Å². The minimum absolute atomic E-state index is 0.0948. The highest BCUT2D eigenvalue weighted by atomic mass is 79.9. The van der Waals surface area contributed by atoms with Gasteiger partial charge < -0.3 is 24.3 Å². The molecule has 44 heavy (non-hydrogen) atoms. The maximum atomic E-state index is 14.3. The number of para-hydroxylation sites is 1. The van der Waals surface area contributed by atoms with Gasteiger partial charge >= 0.3 is 12.1 Å². The molecule has 3 aromatic rings. The van der Waals surface area contributed by atoms with Crippen LogP contribution in [0, 0.1) is 10.1 Å². The fraction of sp³-hybridized carbons (Fsp3) is 0.286. The Balaban J connectivity index is 1.91. The molecule has 1 heterocycles. The highest BCUT2D eigenvalue weighted by Crippen LogP contribution is 2.52. The highest BCUT2D eigenvalue weighted by Gasteiger charge is 2.48. The number of alkyl carbamates (subject to hydrolysis) is 1. The first-order chi connectivity index (χ1) is 21.0. The summed E-state index contributed by atoms with van der Waals surface area (Å²) in [5.41, 5.74) is 0.794. The lowest BCUT2D eigenvalue weighted by atomic mass is 9.89. The van der Waals surface area contributed by atoms with Gasteiger partial charge in [0.1, 0.15) is 6.61 Å². The molecular formula is C28H27Br2N3O10S. The number of carbonyl (C=O) groups is 2. The lowest BCUT2D eigenvalue weighted by Gasteiger charge is -2.40. The zero-order valence-corrected chi connectivity index (χ0v) is 27.6. The molecule has 2 unspecified atom stereocenters. The molecule has 13 nitrogen and oxygen atoms in total. The predicted octanol–water partition coefficient (Wildman–Crippen LogP) is 4.89. The number of ether oxygens (including phenoxy) is 4. The molecule has 4 rings (SSSR count). The molecular weight excluding hydrogens is 730 g/mol. The van der Waals surface area contributed by atoms with Crippen molar-refractivity contribution in [3.8, 4) is 11.5 Å². The van der Waals surface area contributed by atoms with Crippen LogP contribution in [0.1, 0.15) is 22.7 Å². The zero-order chi connectivity index (χ0) is 32.2. The molecule has 0 aliphatic carbocycles. The molecule has 0 fully saturated rings. The molecule has 0 bridgehead atoms. The molecule has 0 radical (unpaired) electrons. The number of nitro benzene ring substituents is 1. The Hall–Kier alpha value is -3.73. The van der Waals surface area contributed by atoms with Crippen LogP contribution in [0.15, 0.2) is 68.4 Å². The van der Waals surface area contributed by atoms with E-state index in [9.17, 15) is 28.1 Å². The first kappa shape index (κ1) is 33.2. The molecule has 2 atom stereocenters. The van der Waals surface area contributed by atoms with Crippen LogP contribution in [0.3, 0.4) is 0 Å². The van der Waals surface area contributed by atoms with Gasteiger partial charge in [0, 0.05) is 12.6 Å². The average Bonchev–Trinajstić information content (AvgIpc) is 3.03. The minimum Gasteiger partial charge on any atom is -0.492 e. The first-order valence-electron chi connectivity index (χ1n) is 12.9. The van der Waals surface area contributed by atoms with Gasteiger partial charge in [0.2, 0.25) is 0 Å². The number of sulfonamides is 1. The highest BCUT2D eigenvalue weighted by molar-refractivity contribution is 9.11. The molecule has 234 valence electrons. The Morgan fingerprint density at radius 1 is 1.02 bits per heavy atom. The second kappa shape index (κ2) is 13.9. The second-order valence-corrected chi connectivity index (χ2v) is 12.8. The number of nitrogens with zero attached hydrogens (tertiary/aromatic N) is 2. The molecule has 0 spiro atoms. The number of hydrogen-bond donors (Lipinski definition) is 1. The molecule has 1 N–H and O–H groups in total. The van der Waals surface area contributed by atoms with Crippen molar-refractivity contribution in [2.75, 3.05) is 27.9 Å². The molecule has 3 aromatic carbocycles. The number of esters is 1. The number of nitrogens with one attached hydrogen (secondary N) is 1. The van der Waals surface area contributed by atoms with E-state index in [1.165, 1.54) is 26.4 Å². The fourth-order valence-corrected chi connectivity index (χ4v) is 8.31. The topological polar surface area (TPSA) is 164 Å². The van der Waals surface area contributed by atoms with Crippen LogP contribution in [0.2, 0.25) is 0 Å². The van der Waals surface area contributed by atoms with Gasteiger partial charge in [-0.2, -0.15) is 4.31 Å². The van der Waals surface area contributed by atoms with Crippen molar-refractivity contribution in [2.45, 2.75) is 30.0 Å². The number of amides is 1. The van der Waals surface area contributed by atoms with Crippen LogP contribution < -0.4 is 14.8 Å². The number of hydrogen-bond acceptors (Lipinski definition) is 10. The van der Waals surface area contributed by atoms with Crippen molar-refractivity contribution in [3.63, 3.8) is 0 Å². The minimum atomic E-state index is -4.69. The number of nitro groups is 1. The standard InChI is InChI=1S/C28H27Br2N3O10S/c1-40-25-21(29)17-13-14-32(44(38,39)19-12-8-7-11-18(19)33(36)37)24(20(17)22(30)26(25)41-2)23(27(34)42-3)31-28(35)43-15-16-9-5-4-6-10-16/h4-12,23-24H,13-15H2,1-3H3,(H,31,35). The SMILES string of the molecule is COC(=O)C(NC(=O)OCc1ccccc1)C1c2c(Br)c(OC)c(OC)c(Br)c2CCN1S(=O)(=O)c1ccccc1[N+](=O)[O-]. The van der Waals surface area contributed by atoms with Crippen LogP contribution in [-0.2, 0) is 37.3 Å². The van der Waals surface area contributed by atoms with Gasteiger partial charge in [0.25, 0.3) is 15.7 Å². The van der Waals surface area contributed by atoms with Crippen LogP contribution in [0.5, 0.6) is 11.5 Å². The van der Waals surface area contributed by atoms with E-state index in [0.29, 0.717) is 21.3 Å². The smallest absolute Gasteiger partial charge is 0.408 e. The van der Waals surface area contributed by atoms with E-state index in [2.05, 4.69) is 37.2 Å². The van der Waals surface area contributed by atoms with Crippen molar-refractivity contribution in [1.29, 1.82) is 0 Å². The molecule has 1 aliphatic heterocycles. The Labute approximate surface area is 269 Å². The molecule has 16 heteroatoms.